The van der Waals surface area contributed by atoms with Gasteiger partial charge in [-0.25, -0.2) is 0 Å². The molecule has 2 heterocycles. The molecule has 0 saturated carbocycles. The van der Waals surface area contributed by atoms with Crippen LogP contribution >= 0.6 is 12.4 Å². The molecule has 0 aliphatic carbocycles. The van der Waals surface area contributed by atoms with E-state index in [4.69, 9.17) is 5.73 Å². The summed E-state index contributed by atoms with van der Waals surface area (Å²) in [4.78, 5) is 26.8. The van der Waals surface area contributed by atoms with Gasteiger partial charge in [0.05, 0.1) is 5.92 Å². The molecule has 0 bridgehead atoms. The summed E-state index contributed by atoms with van der Waals surface area (Å²) < 4.78 is 37.5. The summed E-state index contributed by atoms with van der Waals surface area (Å²) in [7, 11) is 0. The van der Waals surface area contributed by atoms with Crippen molar-refractivity contribution in [3.8, 4) is 0 Å². The minimum Gasteiger partial charge on any atom is -0.398 e. The number of carbonyl (C=O) groups excluding carboxylic acids is 2. The van der Waals surface area contributed by atoms with Crippen molar-refractivity contribution in [3.05, 3.63) is 23.8 Å². The first kappa shape index (κ1) is 19.4. The van der Waals surface area contributed by atoms with Gasteiger partial charge < -0.3 is 15.5 Å². The van der Waals surface area contributed by atoms with Crippen LogP contribution in [0.25, 0.3) is 0 Å². The highest BCUT2D eigenvalue weighted by molar-refractivity contribution is 6.00. The van der Waals surface area contributed by atoms with E-state index in [1.165, 1.54) is 0 Å². The van der Waals surface area contributed by atoms with Crippen LogP contribution < -0.4 is 10.6 Å². The monoisotopic (exact) mass is 377 g/mol. The molecule has 5 nitrogen and oxygen atoms in total. The average Bonchev–Trinajstić information content (AvgIpc) is 2.86. The van der Waals surface area contributed by atoms with Gasteiger partial charge in [-0.05, 0) is 30.5 Å². The van der Waals surface area contributed by atoms with Crippen molar-refractivity contribution in [1.82, 2.24) is 4.90 Å². The van der Waals surface area contributed by atoms with E-state index in [0.29, 0.717) is 22.8 Å². The minimum absolute atomic E-state index is 0. The summed E-state index contributed by atoms with van der Waals surface area (Å²) in [6.07, 6.45) is -3.14. The van der Waals surface area contributed by atoms with Gasteiger partial charge in [0.1, 0.15) is 6.54 Å². The highest BCUT2D eigenvalue weighted by atomic mass is 35.5. The van der Waals surface area contributed by atoms with Crippen LogP contribution in [0.15, 0.2) is 18.2 Å². The maximum absolute atomic E-state index is 12.8. The molecule has 2 amide bonds. The second-order valence-corrected chi connectivity index (χ2v) is 6.23. The van der Waals surface area contributed by atoms with Crippen LogP contribution in [0.2, 0.25) is 0 Å². The van der Waals surface area contributed by atoms with Gasteiger partial charge in [-0.3, -0.25) is 9.59 Å². The lowest BCUT2D eigenvalue weighted by Gasteiger charge is -2.32. The van der Waals surface area contributed by atoms with E-state index in [-0.39, 0.29) is 31.3 Å². The number of nitrogens with two attached hydrogens (primary N) is 1. The molecular formula is C16H19ClF3N3O2. The molecule has 2 N–H and O–H groups in total. The van der Waals surface area contributed by atoms with E-state index in [0.717, 1.165) is 18.4 Å². The normalized spacial score (nSPS) is 20.3. The fraction of sp³-hybridized carbons (Fsp3) is 0.500. The van der Waals surface area contributed by atoms with Gasteiger partial charge in [-0.2, -0.15) is 13.2 Å². The van der Waals surface area contributed by atoms with Crippen molar-refractivity contribution in [2.24, 2.45) is 5.92 Å². The lowest BCUT2D eigenvalue weighted by molar-refractivity contribution is -0.157. The molecule has 0 aromatic heterocycles. The molecule has 2 aliphatic rings. The first-order valence-corrected chi connectivity index (χ1v) is 7.79. The van der Waals surface area contributed by atoms with E-state index in [1.54, 1.807) is 23.1 Å². The van der Waals surface area contributed by atoms with Gasteiger partial charge in [0.15, 0.2) is 0 Å². The van der Waals surface area contributed by atoms with Crippen LogP contribution in [0.4, 0.5) is 24.5 Å². The van der Waals surface area contributed by atoms with Crippen molar-refractivity contribution in [2.45, 2.75) is 25.4 Å². The Morgan fingerprint density at radius 3 is 2.72 bits per heavy atom. The third-order valence-electron chi connectivity index (χ3n) is 4.49. The topological polar surface area (TPSA) is 66.6 Å². The fourth-order valence-electron chi connectivity index (χ4n) is 3.41. The van der Waals surface area contributed by atoms with E-state index in [2.05, 4.69) is 0 Å². The van der Waals surface area contributed by atoms with E-state index < -0.39 is 24.5 Å². The van der Waals surface area contributed by atoms with Gasteiger partial charge >= 0.3 is 6.18 Å². The number of amides is 2. The Morgan fingerprint density at radius 2 is 2.04 bits per heavy atom. The lowest BCUT2D eigenvalue weighted by Crippen LogP contribution is -2.41. The zero-order valence-electron chi connectivity index (χ0n) is 13.4. The molecule has 1 aromatic rings. The molecule has 138 valence electrons. The molecule has 1 unspecified atom stereocenters. The second-order valence-electron chi connectivity index (χ2n) is 6.23. The van der Waals surface area contributed by atoms with E-state index >= 15 is 0 Å². The first-order chi connectivity index (χ1) is 11.3. The Morgan fingerprint density at radius 1 is 1.32 bits per heavy atom. The third kappa shape index (κ3) is 4.00. The first-order valence-electron chi connectivity index (χ1n) is 7.79. The zero-order chi connectivity index (χ0) is 17.5. The largest absolute Gasteiger partial charge is 0.406 e. The summed E-state index contributed by atoms with van der Waals surface area (Å²) in [6.45, 7) is -1.01. The number of rotatable bonds is 2. The zero-order valence-corrected chi connectivity index (χ0v) is 14.2. The summed E-state index contributed by atoms with van der Waals surface area (Å²) in [5.74, 6) is -1.68. The molecule has 1 fully saturated rings. The van der Waals surface area contributed by atoms with Crippen molar-refractivity contribution >= 4 is 35.6 Å². The second kappa shape index (κ2) is 7.11. The molecule has 1 atom stereocenters. The third-order valence-corrected chi connectivity index (χ3v) is 4.49. The molecule has 1 aromatic carbocycles. The molecule has 1 saturated heterocycles. The predicted molar refractivity (Wildman–Crippen MR) is 89.5 cm³/mol. The van der Waals surface area contributed by atoms with Crippen LogP contribution in [0, 0.1) is 5.92 Å². The number of nitrogen functional groups attached to an aromatic ring is 1. The Kier molecular flexibility index (Phi) is 5.51. The molecular weight excluding hydrogens is 359 g/mol. The SMILES string of the molecule is Cl.Nc1cccc2c1CCCN2C(=O)C1CC(=O)N(CC(F)(F)F)C1. The number of carbonyl (C=O) groups is 2. The number of benzene rings is 1. The van der Waals surface area contributed by atoms with Gasteiger partial charge in [0.2, 0.25) is 11.8 Å². The predicted octanol–water partition coefficient (Wildman–Crippen LogP) is 2.38. The summed E-state index contributed by atoms with van der Waals surface area (Å²) >= 11 is 0. The number of fused-ring (bicyclic) bond motifs is 1. The Hall–Kier alpha value is -1.96. The van der Waals surface area contributed by atoms with E-state index in [1.807, 2.05) is 0 Å². The van der Waals surface area contributed by atoms with Crippen molar-refractivity contribution in [3.63, 3.8) is 0 Å². The van der Waals surface area contributed by atoms with Crippen molar-refractivity contribution in [1.29, 1.82) is 0 Å². The molecule has 25 heavy (non-hydrogen) atoms. The summed E-state index contributed by atoms with van der Waals surface area (Å²) in [5.41, 5.74) is 8.13. The Labute approximate surface area is 149 Å². The standard InChI is InChI=1S/C16H18F3N3O2.ClH/c17-16(18,19)9-21-8-10(7-14(21)23)15(24)22-6-2-3-11-12(20)4-1-5-13(11)22;/h1,4-5,10H,2-3,6-9,20H2;1H. The number of alkyl halides is 3. The van der Waals surface area contributed by atoms with E-state index in [9.17, 15) is 22.8 Å². The molecule has 2 aliphatic heterocycles. The Balaban J connectivity index is 0.00000225. The van der Waals surface area contributed by atoms with Crippen molar-refractivity contribution in [2.75, 3.05) is 30.3 Å². The van der Waals surface area contributed by atoms with Gasteiger partial charge in [0.25, 0.3) is 0 Å². The van der Waals surface area contributed by atoms with Crippen molar-refractivity contribution < 1.29 is 22.8 Å². The maximum atomic E-state index is 12.8. The molecule has 9 heteroatoms. The highest BCUT2D eigenvalue weighted by Gasteiger charge is 2.42. The summed E-state index contributed by atoms with van der Waals surface area (Å²) in [6, 6.07) is 5.29. The molecule has 0 spiro atoms. The minimum atomic E-state index is -4.46. The molecule has 3 rings (SSSR count). The number of halogens is 4. The smallest absolute Gasteiger partial charge is 0.398 e. The quantitative estimate of drug-likeness (QED) is 0.805. The number of nitrogens with zero attached hydrogens (tertiary/aromatic N) is 2. The van der Waals surface area contributed by atoms with Crippen LogP contribution in [-0.4, -0.2) is 42.5 Å². The number of hydrogen-bond donors (Lipinski definition) is 1. The van der Waals surface area contributed by atoms with Gasteiger partial charge in [0, 0.05) is 30.9 Å². The highest BCUT2D eigenvalue weighted by Crippen LogP contribution is 2.34. The Bertz CT molecular complexity index is 681. The number of hydrogen-bond acceptors (Lipinski definition) is 3. The van der Waals surface area contributed by atoms with Crippen LogP contribution in [0.1, 0.15) is 18.4 Å². The average molecular weight is 378 g/mol. The van der Waals surface area contributed by atoms with Crippen LogP contribution in [0.5, 0.6) is 0 Å². The van der Waals surface area contributed by atoms with Crippen LogP contribution in [0.3, 0.4) is 0 Å². The molecule has 0 radical (unpaired) electrons. The van der Waals surface area contributed by atoms with Gasteiger partial charge in [-0.15, -0.1) is 12.4 Å². The van der Waals surface area contributed by atoms with Crippen LogP contribution in [-0.2, 0) is 16.0 Å². The number of anilines is 2. The van der Waals surface area contributed by atoms with Gasteiger partial charge in [-0.1, -0.05) is 6.07 Å². The fourth-order valence-corrected chi connectivity index (χ4v) is 3.41. The summed E-state index contributed by atoms with van der Waals surface area (Å²) in [5, 5.41) is 0. The maximum Gasteiger partial charge on any atom is 0.406 e. The number of likely N-dealkylation sites (tertiary alicyclic amines) is 1. The lowest BCUT2D eigenvalue weighted by atomic mass is 9.97.